The number of carbonyl (C=O) groups excluding carboxylic acids is 3. The van der Waals surface area contributed by atoms with E-state index in [4.69, 9.17) is 11.5 Å². The second kappa shape index (κ2) is 7.62. The van der Waals surface area contributed by atoms with Gasteiger partial charge in [-0.3, -0.25) is 24.2 Å². The van der Waals surface area contributed by atoms with Gasteiger partial charge in [-0.25, -0.2) is 4.79 Å². The summed E-state index contributed by atoms with van der Waals surface area (Å²) in [4.78, 5) is 38.0. The number of nitrogens with zero attached hydrogens (tertiary/aromatic N) is 1. The van der Waals surface area contributed by atoms with Gasteiger partial charge in [0.05, 0.1) is 35.5 Å². The first-order valence-corrected chi connectivity index (χ1v) is 8.38. The number of carbonyl (C=O) groups is 3. The first kappa shape index (κ1) is 19.9. The lowest BCUT2D eigenvalue weighted by Crippen LogP contribution is -2.79. The Morgan fingerprint density at radius 3 is 2.48 bits per heavy atom. The minimum atomic E-state index is -1.89. The van der Waals surface area contributed by atoms with E-state index in [-0.39, 0.29) is 5.91 Å². The zero-order valence-electron chi connectivity index (χ0n) is 13.5. The van der Waals surface area contributed by atoms with Crippen molar-refractivity contribution in [2.75, 3.05) is 13.7 Å². The predicted octanol–water partition coefficient (Wildman–Crippen LogP) is -0.418. The number of nitrogens with one attached hydrogen (secondary N) is 2. The summed E-state index contributed by atoms with van der Waals surface area (Å²) in [6, 6.07) is -0.630. The Kier molecular flexibility index (Phi) is 6.59. The number of nitrogens with two attached hydrogens (primary N) is 2. The first-order valence-electron chi connectivity index (χ1n) is 7.30. The van der Waals surface area contributed by atoms with Gasteiger partial charge in [-0.1, -0.05) is 6.92 Å². The van der Waals surface area contributed by atoms with Crippen LogP contribution in [0.3, 0.4) is 0 Å². The zero-order chi connectivity index (χ0) is 17.8. The number of hydrogen-bond acceptors (Lipinski definition) is 6. The van der Waals surface area contributed by atoms with E-state index in [1.165, 1.54) is 12.0 Å². The number of halogens is 1. The molecule has 1 fully saturated rings. The molecule has 0 bridgehead atoms. The molecule has 0 radical (unpaired) electrons. The van der Waals surface area contributed by atoms with Gasteiger partial charge in [-0.05, 0) is 26.2 Å². The topological polar surface area (TPSA) is 140 Å². The van der Waals surface area contributed by atoms with Crippen LogP contribution in [-0.2, 0) is 14.3 Å². The molecule has 1 heterocycles. The molecular formula is C13H24IN5O4. The molecule has 0 spiro atoms. The van der Waals surface area contributed by atoms with Crippen LogP contribution in [0.15, 0.2) is 0 Å². The van der Waals surface area contributed by atoms with E-state index >= 15 is 0 Å². The van der Waals surface area contributed by atoms with Crippen LogP contribution in [0, 0.1) is 0 Å². The third kappa shape index (κ3) is 3.86. The fraction of sp³-hybridized carbons (Fsp3) is 0.769. The van der Waals surface area contributed by atoms with E-state index in [2.05, 4.69) is 13.6 Å². The van der Waals surface area contributed by atoms with Gasteiger partial charge in [0.25, 0.3) is 11.8 Å². The third-order valence-corrected chi connectivity index (χ3v) is 4.90. The van der Waals surface area contributed by atoms with E-state index < -0.39 is 29.2 Å². The van der Waals surface area contributed by atoms with Crippen molar-refractivity contribution in [3.05, 3.63) is 0 Å². The van der Waals surface area contributed by atoms with Gasteiger partial charge >= 0.3 is 6.09 Å². The molecule has 1 aliphatic rings. The summed E-state index contributed by atoms with van der Waals surface area (Å²) in [5.74, 6) is -0.885. The van der Waals surface area contributed by atoms with Gasteiger partial charge in [0, 0.05) is 6.54 Å². The molecule has 0 aromatic carbocycles. The molecule has 3 atom stereocenters. The summed E-state index contributed by atoms with van der Waals surface area (Å²) >= 11 is 1.72. The predicted molar refractivity (Wildman–Crippen MR) is 92.2 cm³/mol. The summed E-state index contributed by atoms with van der Waals surface area (Å²) in [6.07, 6.45) is 0.667. The average molecular weight is 441 g/mol. The van der Waals surface area contributed by atoms with Crippen LogP contribution >= 0.6 is 22.9 Å². The second-order valence-corrected chi connectivity index (χ2v) is 6.35. The second-order valence-electron chi connectivity index (χ2n) is 5.81. The quantitative estimate of drug-likeness (QED) is 0.260. The molecule has 6 N–H and O–H groups in total. The van der Waals surface area contributed by atoms with Crippen LogP contribution in [0.2, 0.25) is 0 Å². The molecular weight excluding hydrogens is 417 g/mol. The highest BCUT2D eigenvalue weighted by Crippen LogP contribution is 2.26. The number of methoxy groups -OCH3 is 1. The maximum Gasteiger partial charge on any atom is 0.408 e. The Labute approximate surface area is 149 Å². The van der Waals surface area contributed by atoms with Gasteiger partial charge in [0.15, 0.2) is 5.66 Å². The minimum absolute atomic E-state index is 0.285. The van der Waals surface area contributed by atoms with Gasteiger partial charge < -0.3 is 15.4 Å². The Bertz CT molecular complexity index is 487. The molecule has 3 amide bonds. The molecule has 0 saturated carbocycles. The van der Waals surface area contributed by atoms with Crippen LogP contribution in [-0.4, -0.2) is 53.7 Å². The normalized spacial score (nSPS) is 22.7. The number of likely N-dealkylation sites (tertiary alicyclic amines) is 1. The van der Waals surface area contributed by atoms with Crippen molar-refractivity contribution >= 4 is 40.8 Å². The standard InChI is InChI=1S/C13H24IN5O4/c1-4-12(2,15)13(16,17-11(22)23-3)10(21)19-7-5-6-8(19)9(20)18-14/h8H,4-7,15-16H2,1-3H3,(H,17,22)(H,18,20)/t8-,12-,13+/m0/s1. The molecule has 10 heteroatoms. The van der Waals surface area contributed by atoms with Crippen LogP contribution < -0.4 is 20.3 Å². The van der Waals surface area contributed by atoms with Crippen molar-refractivity contribution in [1.29, 1.82) is 0 Å². The summed E-state index contributed by atoms with van der Waals surface area (Å²) in [5.41, 5.74) is 9.29. The highest BCUT2D eigenvalue weighted by molar-refractivity contribution is 14.1. The van der Waals surface area contributed by atoms with E-state index in [0.29, 0.717) is 25.8 Å². The van der Waals surface area contributed by atoms with Crippen molar-refractivity contribution in [1.82, 2.24) is 13.7 Å². The Morgan fingerprint density at radius 2 is 2.00 bits per heavy atom. The molecule has 0 unspecified atom stereocenters. The third-order valence-electron chi connectivity index (χ3n) is 4.37. The summed E-state index contributed by atoms with van der Waals surface area (Å²) < 4.78 is 7.06. The highest BCUT2D eigenvalue weighted by atomic mass is 127. The fourth-order valence-electron chi connectivity index (χ4n) is 2.50. The number of rotatable bonds is 5. The van der Waals surface area contributed by atoms with Crippen molar-refractivity contribution in [3.63, 3.8) is 0 Å². The SMILES string of the molecule is CC[C@](C)(N)[C@](N)(NC(=O)OC)C(=O)N1CCC[C@H]1C(=O)NI. The maximum absolute atomic E-state index is 13.0. The molecule has 9 nitrogen and oxygen atoms in total. The average Bonchev–Trinajstić information content (AvgIpc) is 3.02. The first-order chi connectivity index (χ1) is 10.6. The summed E-state index contributed by atoms with van der Waals surface area (Å²) in [6.45, 7) is 3.70. The summed E-state index contributed by atoms with van der Waals surface area (Å²) in [7, 11) is 1.17. The maximum atomic E-state index is 13.0. The lowest BCUT2D eigenvalue weighted by atomic mass is 9.83. The largest absolute Gasteiger partial charge is 0.453 e. The van der Waals surface area contributed by atoms with Crippen molar-refractivity contribution in [3.8, 4) is 0 Å². The Balaban J connectivity index is 3.18. The minimum Gasteiger partial charge on any atom is -0.453 e. The van der Waals surface area contributed by atoms with Gasteiger partial charge in [-0.15, -0.1) is 0 Å². The van der Waals surface area contributed by atoms with Crippen molar-refractivity contribution in [2.45, 2.75) is 50.4 Å². The number of amides is 3. The van der Waals surface area contributed by atoms with Crippen LogP contribution in [0.5, 0.6) is 0 Å². The van der Waals surface area contributed by atoms with Crippen molar-refractivity contribution < 1.29 is 19.1 Å². The lowest BCUT2D eigenvalue weighted by molar-refractivity contribution is -0.145. The smallest absolute Gasteiger partial charge is 0.408 e. The van der Waals surface area contributed by atoms with Crippen LogP contribution in [0.25, 0.3) is 0 Å². The van der Waals surface area contributed by atoms with Gasteiger partial charge in [0.1, 0.15) is 6.04 Å². The number of hydrogen-bond donors (Lipinski definition) is 4. The molecule has 23 heavy (non-hydrogen) atoms. The molecule has 0 aromatic rings. The van der Waals surface area contributed by atoms with E-state index in [9.17, 15) is 14.4 Å². The Hall–Kier alpha value is -1.14. The zero-order valence-corrected chi connectivity index (χ0v) is 15.7. The molecule has 1 rings (SSSR count). The molecule has 1 aliphatic heterocycles. The summed E-state index contributed by atoms with van der Waals surface area (Å²) in [5, 5.41) is 2.36. The van der Waals surface area contributed by atoms with Crippen LogP contribution in [0.1, 0.15) is 33.1 Å². The molecule has 132 valence electrons. The van der Waals surface area contributed by atoms with Crippen LogP contribution in [0.4, 0.5) is 4.79 Å². The molecule has 0 aliphatic carbocycles. The highest BCUT2D eigenvalue weighted by Gasteiger charge is 2.53. The fourth-order valence-corrected chi connectivity index (χ4v) is 2.86. The molecule has 0 aromatic heterocycles. The number of ether oxygens (including phenoxy) is 1. The number of alkyl carbamates (subject to hydrolysis) is 1. The van der Waals surface area contributed by atoms with Gasteiger partial charge in [0.2, 0.25) is 0 Å². The van der Waals surface area contributed by atoms with Crippen molar-refractivity contribution in [2.24, 2.45) is 11.5 Å². The lowest BCUT2D eigenvalue weighted by Gasteiger charge is -2.44. The van der Waals surface area contributed by atoms with E-state index in [0.717, 1.165) is 0 Å². The van der Waals surface area contributed by atoms with E-state index in [1.54, 1.807) is 36.7 Å². The van der Waals surface area contributed by atoms with E-state index in [1.807, 2.05) is 0 Å². The van der Waals surface area contributed by atoms with Gasteiger partial charge in [-0.2, -0.15) is 0 Å². The monoisotopic (exact) mass is 441 g/mol. The molecule has 1 saturated heterocycles. The Morgan fingerprint density at radius 1 is 1.39 bits per heavy atom.